The fourth-order valence-corrected chi connectivity index (χ4v) is 3.77. The van der Waals surface area contributed by atoms with Crippen molar-refractivity contribution in [3.8, 4) is 5.75 Å². The number of aliphatic hydroxyl groups excluding tert-OH is 1. The van der Waals surface area contributed by atoms with Gasteiger partial charge in [-0.3, -0.25) is 0 Å². The van der Waals surface area contributed by atoms with Crippen molar-refractivity contribution >= 4 is 10.0 Å². The minimum absolute atomic E-state index is 0.0656. The number of benzene rings is 1. The van der Waals surface area contributed by atoms with E-state index in [0.717, 1.165) is 13.0 Å². The fourth-order valence-electron chi connectivity index (χ4n) is 2.46. The Kier molecular flexibility index (Phi) is 5.21. The first-order valence-corrected chi connectivity index (χ1v) is 8.52. The van der Waals surface area contributed by atoms with Crippen molar-refractivity contribution in [1.29, 1.82) is 0 Å². The van der Waals surface area contributed by atoms with Crippen molar-refractivity contribution < 1.29 is 18.3 Å². The largest absolute Gasteiger partial charge is 0.494 e. The molecule has 6 nitrogen and oxygen atoms in total. The van der Waals surface area contributed by atoms with Gasteiger partial charge in [0.1, 0.15) is 5.75 Å². The van der Waals surface area contributed by atoms with Crippen LogP contribution in [0.4, 0.5) is 0 Å². The Morgan fingerprint density at radius 2 is 2.24 bits per heavy atom. The molecule has 1 unspecified atom stereocenters. The van der Waals surface area contributed by atoms with Gasteiger partial charge in [-0.25, -0.2) is 13.1 Å². The van der Waals surface area contributed by atoms with Crippen molar-refractivity contribution in [2.24, 2.45) is 0 Å². The van der Waals surface area contributed by atoms with Crippen molar-refractivity contribution in [2.45, 2.75) is 30.9 Å². The van der Waals surface area contributed by atoms with Crippen LogP contribution in [0.1, 0.15) is 18.9 Å². The molecule has 0 bridgehead atoms. The van der Waals surface area contributed by atoms with Crippen LogP contribution >= 0.6 is 0 Å². The van der Waals surface area contributed by atoms with Crippen LogP contribution in [0, 0.1) is 0 Å². The molecule has 0 radical (unpaired) electrons. The molecule has 1 aliphatic rings. The van der Waals surface area contributed by atoms with Gasteiger partial charge in [0.2, 0.25) is 10.0 Å². The average Bonchev–Trinajstić information content (AvgIpc) is 2.84. The summed E-state index contributed by atoms with van der Waals surface area (Å²) in [5.74, 6) is 0.513. The van der Waals surface area contributed by atoms with Crippen LogP contribution in [-0.4, -0.2) is 51.2 Å². The first-order chi connectivity index (χ1) is 9.96. The number of hydrogen-bond donors (Lipinski definition) is 2. The number of sulfonamides is 1. The third-order valence-electron chi connectivity index (χ3n) is 3.53. The van der Waals surface area contributed by atoms with Gasteiger partial charge in [0, 0.05) is 18.2 Å². The van der Waals surface area contributed by atoms with Crippen LogP contribution in [0.25, 0.3) is 0 Å². The summed E-state index contributed by atoms with van der Waals surface area (Å²) in [5.41, 5.74) is 0.475. The SMILES string of the molecule is CCOc1ccc(S(=O)(=O)NC2CCN(C)C2)cc1CO. The lowest BCUT2D eigenvalue weighted by Crippen LogP contribution is -2.36. The topological polar surface area (TPSA) is 78.9 Å². The highest BCUT2D eigenvalue weighted by atomic mass is 32.2. The van der Waals surface area contributed by atoms with Crippen molar-refractivity contribution in [3.63, 3.8) is 0 Å². The molecular formula is C14H22N2O4S. The van der Waals surface area contributed by atoms with E-state index >= 15 is 0 Å². The lowest BCUT2D eigenvalue weighted by atomic mass is 10.2. The summed E-state index contributed by atoms with van der Waals surface area (Å²) < 4.78 is 32.8. The zero-order valence-corrected chi connectivity index (χ0v) is 13.2. The van der Waals surface area contributed by atoms with Crippen LogP contribution in [0.3, 0.4) is 0 Å². The molecule has 0 aliphatic carbocycles. The molecule has 0 spiro atoms. The minimum atomic E-state index is -3.57. The predicted molar refractivity (Wildman–Crippen MR) is 79.8 cm³/mol. The maximum Gasteiger partial charge on any atom is 0.240 e. The van der Waals surface area contributed by atoms with Crippen molar-refractivity contribution in [2.75, 3.05) is 26.7 Å². The Labute approximate surface area is 125 Å². The molecule has 0 saturated carbocycles. The first-order valence-electron chi connectivity index (χ1n) is 7.03. The molecule has 7 heteroatoms. The standard InChI is InChI=1S/C14H22N2O4S/c1-3-20-14-5-4-13(8-11(14)10-17)21(18,19)15-12-6-7-16(2)9-12/h4-5,8,12,15,17H,3,6-7,9-10H2,1-2H3. The third kappa shape index (κ3) is 3.94. The van der Waals surface area contributed by atoms with E-state index in [1.54, 1.807) is 6.07 Å². The van der Waals surface area contributed by atoms with E-state index in [2.05, 4.69) is 9.62 Å². The van der Waals surface area contributed by atoms with Gasteiger partial charge in [-0.05, 0) is 45.1 Å². The second-order valence-electron chi connectivity index (χ2n) is 5.23. The van der Waals surface area contributed by atoms with E-state index in [0.29, 0.717) is 24.5 Å². The van der Waals surface area contributed by atoms with Crippen LogP contribution in [0.5, 0.6) is 5.75 Å². The zero-order valence-electron chi connectivity index (χ0n) is 12.4. The molecule has 2 N–H and O–H groups in total. The normalized spacial score (nSPS) is 19.9. The number of likely N-dealkylation sites (N-methyl/N-ethyl adjacent to an activating group) is 1. The van der Waals surface area contributed by atoms with E-state index in [-0.39, 0.29) is 17.5 Å². The summed E-state index contributed by atoms with van der Waals surface area (Å²) in [7, 11) is -1.61. The Bertz CT molecular complexity index is 589. The fraction of sp³-hybridized carbons (Fsp3) is 0.571. The van der Waals surface area contributed by atoms with E-state index in [4.69, 9.17) is 4.74 Å². The monoisotopic (exact) mass is 314 g/mol. The van der Waals surface area contributed by atoms with Gasteiger partial charge in [-0.1, -0.05) is 0 Å². The van der Waals surface area contributed by atoms with E-state index < -0.39 is 10.0 Å². The quantitative estimate of drug-likeness (QED) is 0.802. The highest BCUT2D eigenvalue weighted by molar-refractivity contribution is 7.89. The lowest BCUT2D eigenvalue weighted by molar-refractivity contribution is 0.266. The van der Waals surface area contributed by atoms with E-state index in [9.17, 15) is 13.5 Å². The molecule has 1 aromatic carbocycles. The van der Waals surface area contributed by atoms with Crippen LogP contribution in [-0.2, 0) is 16.6 Å². The molecule has 2 rings (SSSR count). The number of hydrogen-bond acceptors (Lipinski definition) is 5. The number of rotatable bonds is 6. The summed E-state index contributed by atoms with van der Waals surface area (Å²) >= 11 is 0. The Morgan fingerprint density at radius 3 is 2.81 bits per heavy atom. The van der Waals surface area contributed by atoms with Gasteiger partial charge < -0.3 is 14.7 Å². The van der Waals surface area contributed by atoms with Crippen LogP contribution in [0.2, 0.25) is 0 Å². The van der Waals surface area contributed by atoms with E-state index in [1.165, 1.54) is 12.1 Å². The smallest absolute Gasteiger partial charge is 0.240 e. The highest BCUT2D eigenvalue weighted by Crippen LogP contribution is 2.23. The first kappa shape index (κ1) is 16.2. The predicted octanol–water partition coefficient (Wildman–Crippen LogP) is 0.560. The average molecular weight is 314 g/mol. The Morgan fingerprint density at radius 1 is 1.48 bits per heavy atom. The third-order valence-corrected chi connectivity index (χ3v) is 5.04. The molecular weight excluding hydrogens is 292 g/mol. The van der Waals surface area contributed by atoms with Gasteiger partial charge in [0.15, 0.2) is 0 Å². The Balaban J connectivity index is 2.19. The molecule has 1 heterocycles. The maximum absolute atomic E-state index is 12.4. The van der Waals surface area contributed by atoms with Crippen molar-refractivity contribution in [1.82, 2.24) is 9.62 Å². The molecule has 0 aromatic heterocycles. The number of nitrogens with one attached hydrogen (secondary N) is 1. The van der Waals surface area contributed by atoms with E-state index in [1.807, 2.05) is 14.0 Å². The molecule has 1 atom stereocenters. The number of nitrogens with zero attached hydrogens (tertiary/aromatic N) is 1. The van der Waals surface area contributed by atoms with Gasteiger partial charge in [0.05, 0.1) is 18.1 Å². The summed E-state index contributed by atoms with van der Waals surface area (Å²) in [5, 5.41) is 9.35. The van der Waals surface area contributed by atoms with Crippen molar-refractivity contribution in [3.05, 3.63) is 23.8 Å². The highest BCUT2D eigenvalue weighted by Gasteiger charge is 2.25. The summed E-state index contributed by atoms with van der Waals surface area (Å²) in [6.45, 7) is 3.64. The van der Waals surface area contributed by atoms with Crippen LogP contribution in [0.15, 0.2) is 23.1 Å². The van der Waals surface area contributed by atoms with Gasteiger partial charge >= 0.3 is 0 Å². The lowest BCUT2D eigenvalue weighted by Gasteiger charge is -2.15. The summed E-state index contributed by atoms with van der Waals surface area (Å²) in [6, 6.07) is 4.49. The maximum atomic E-state index is 12.4. The molecule has 1 aromatic rings. The number of likely N-dealkylation sites (tertiary alicyclic amines) is 1. The van der Waals surface area contributed by atoms with Crippen LogP contribution < -0.4 is 9.46 Å². The molecule has 1 aliphatic heterocycles. The number of aliphatic hydroxyl groups is 1. The molecule has 118 valence electrons. The molecule has 1 fully saturated rings. The molecule has 0 amide bonds. The second kappa shape index (κ2) is 6.74. The number of ether oxygens (including phenoxy) is 1. The Hall–Kier alpha value is -1.15. The van der Waals surface area contributed by atoms with Gasteiger partial charge in [-0.2, -0.15) is 0 Å². The van der Waals surface area contributed by atoms with Gasteiger partial charge in [0.25, 0.3) is 0 Å². The minimum Gasteiger partial charge on any atom is -0.494 e. The summed E-state index contributed by atoms with van der Waals surface area (Å²) in [4.78, 5) is 2.24. The molecule has 21 heavy (non-hydrogen) atoms. The second-order valence-corrected chi connectivity index (χ2v) is 6.94. The zero-order chi connectivity index (χ0) is 15.5. The summed E-state index contributed by atoms with van der Waals surface area (Å²) in [6.07, 6.45) is 0.805. The molecule has 1 saturated heterocycles. The van der Waals surface area contributed by atoms with Gasteiger partial charge in [-0.15, -0.1) is 0 Å².